The third kappa shape index (κ3) is 9.18. The summed E-state index contributed by atoms with van der Waals surface area (Å²) in [6.07, 6.45) is 2.10. The number of thiophene rings is 1. The fourth-order valence-corrected chi connectivity index (χ4v) is 5.21. The van der Waals surface area contributed by atoms with Crippen LogP contribution in [0.3, 0.4) is 0 Å². The zero-order valence-corrected chi connectivity index (χ0v) is 26.0. The molecule has 234 valence electrons. The van der Waals surface area contributed by atoms with E-state index < -0.39 is 22.4 Å². The molecule has 10 nitrogen and oxygen atoms in total. The van der Waals surface area contributed by atoms with E-state index in [1.54, 1.807) is 17.2 Å². The number of nitro groups is 1. The molecule has 4 rings (SSSR count). The van der Waals surface area contributed by atoms with Crippen molar-refractivity contribution in [2.75, 3.05) is 33.0 Å². The summed E-state index contributed by atoms with van der Waals surface area (Å²) >= 11 is 1.43. The van der Waals surface area contributed by atoms with Crippen LogP contribution < -0.4 is 4.74 Å². The molecule has 0 aliphatic rings. The van der Waals surface area contributed by atoms with Crippen molar-refractivity contribution in [1.29, 1.82) is 0 Å². The Morgan fingerprint density at radius 2 is 1.73 bits per heavy atom. The Balaban J connectivity index is 1.46. The number of carbonyl (C=O) groups excluding carboxylic acids is 1. The van der Waals surface area contributed by atoms with Crippen LogP contribution in [-0.2, 0) is 20.8 Å². The van der Waals surface area contributed by atoms with Crippen molar-refractivity contribution in [2.45, 2.75) is 46.3 Å². The number of benzene rings is 2. The molecule has 1 amide bonds. The van der Waals surface area contributed by atoms with Crippen LogP contribution in [0.5, 0.6) is 11.5 Å². The first-order valence-corrected chi connectivity index (χ1v) is 15.1. The van der Waals surface area contributed by atoms with Gasteiger partial charge in [-0.25, -0.2) is 9.18 Å². The van der Waals surface area contributed by atoms with Gasteiger partial charge in [0.15, 0.2) is 11.6 Å². The molecule has 0 fully saturated rings. The number of ether oxygens (including phenoxy) is 4. The minimum absolute atomic E-state index is 0.118. The minimum Gasteiger partial charge on any atom is -0.453 e. The number of aromatic nitrogens is 1. The Kier molecular flexibility index (Phi) is 11.2. The van der Waals surface area contributed by atoms with Gasteiger partial charge in [-0.05, 0) is 50.5 Å². The van der Waals surface area contributed by atoms with E-state index >= 15 is 0 Å². The first-order chi connectivity index (χ1) is 21.0. The number of fused-ring (bicyclic) bond motifs is 1. The van der Waals surface area contributed by atoms with Gasteiger partial charge < -0.3 is 23.8 Å². The molecule has 0 aliphatic heterocycles. The Morgan fingerprint density at radius 1 is 1.00 bits per heavy atom. The summed E-state index contributed by atoms with van der Waals surface area (Å²) in [4.78, 5) is 30.2. The predicted octanol–water partition coefficient (Wildman–Crippen LogP) is 7.98. The average Bonchev–Trinajstić information content (AvgIpc) is 3.42. The Hall–Kier alpha value is -4.13. The van der Waals surface area contributed by atoms with E-state index in [0.717, 1.165) is 28.5 Å². The highest BCUT2D eigenvalue weighted by Gasteiger charge is 2.22. The van der Waals surface area contributed by atoms with Gasteiger partial charge in [0, 0.05) is 42.9 Å². The molecule has 0 atom stereocenters. The van der Waals surface area contributed by atoms with Crippen LogP contribution in [0.15, 0.2) is 60.8 Å². The van der Waals surface area contributed by atoms with Crippen molar-refractivity contribution in [3.8, 4) is 21.9 Å². The lowest BCUT2D eigenvalue weighted by molar-refractivity contribution is -0.385. The normalized spacial score (nSPS) is 11.5. The van der Waals surface area contributed by atoms with Gasteiger partial charge in [-0.3, -0.25) is 15.1 Å². The van der Waals surface area contributed by atoms with Crippen LogP contribution in [-0.4, -0.2) is 59.5 Å². The standard InChI is InChI=1S/C32H36FN3O7S/c1-5-15-40-17-18-41-16-14-35(31(37)43-32(2,3)4)21-22-6-8-23(9-7-22)29-20-26-30(44-29)28(12-13-34-26)42-27-11-10-24(36(38)39)19-25(27)33/h6-13,19-20H,5,14-18,21H2,1-4H3. The number of rotatable bonds is 14. The maximum Gasteiger partial charge on any atom is 0.410 e. The van der Waals surface area contributed by atoms with E-state index in [1.165, 1.54) is 23.5 Å². The maximum atomic E-state index is 14.5. The monoisotopic (exact) mass is 625 g/mol. The van der Waals surface area contributed by atoms with Crippen molar-refractivity contribution in [3.05, 3.63) is 82.3 Å². The molecule has 0 bridgehead atoms. The van der Waals surface area contributed by atoms with Crippen LogP contribution in [0.1, 0.15) is 39.7 Å². The number of hydrogen-bond donors (Lipinski definition) is 0. The van der Waals surface area contributed by atoms with E-state index in [9.17, 15) is 19.3 Å². The summed E-state index contributed by atoms with van der Waals surface area (Å²) < 4.78 is 37.7. The Bertz CT molecular complexity index is 1570. The summed E-state index contributed by atoms with van der Waals surface area (Å²) in [7, 11) is 0. The zero-order valence-electron chi connectivity index (χ0n) is 25.2. The number of pyridine rings is 1. The molecule has 0 spiro atoms. The SMILES string of the molecule is CCCOCCOCCN(Cc1ccc(-c2cc3nccc(Oc4ccc([N+](=O)[O-])cc4F)c3s2)cc1)C(=O)OC(C)(C)C. The van der Waals surface area contributed by atoms with E-state index in [4.69, 9.17) is 18.9 Å². The lowest BCUT2D eigenvalue weighted by Crippen LogP contribution is -2.38. The summed E-state index contributed by atoms with van der Waals surface area (Å²) in [6, 6.07) is 14.6. The maximum absolute atomic E-state index is 14.5. The molecular weight excluding hydrogens is 589 g/mol. The highest BCUT2D eigenvalue weighted by atomic mass is 32.1. The number of nitro benzene ring substituents is 1. The van der Waals surface area contributed by atoms with Gasteiger partial charge in [0.2, 0.25) is 0 Å². The van der Waals surface area contributed by atoms with Gasteiger partial charge in [0.1, 0.15) is 11.4 Å². The number of nitrogens with zero attached hydrogens (tertiary/aromatic N) is 3. The second kappa shape index (κ2) is 15.0. The molecule has 2 aromatic heterocycles. The van der Waals surface area contributed by atoms with Crippen molar-refractivity contribution in [3.63, 3.8) is 0 Å². The van der Waals surface area contributed by atoms with Crippen molar-refractivity contribution < 1.29 is 33.1 Å². The average molecular weight is 626 g/mol. The molecule has 0 N–H and O–H groups in total. The molecule has 2 heterocycles. The van der Waals surface area contributed by atoms with Gasteiger partial charge in [-0.1, -0.05) is 31.2 Å². The quantitative estimate of drug-likeness (QED) is 0.0787. The highest BCUT2D eigenvalue weighted by Crippen LogP contribution is 2.40. The topological polar surface area (TPSA) is 113 Å². The molecular formula is C32H36FN3O7S. The Labute approximate surface area is 259 Å². The summed E-state index contributed by atoms with van der Waals surface area (Å²) in [6.45, 7) is 10.3. The molecule has 4 aromatic rings. The van der Waals surface area contributed by atoms with Crippen LogP contribution in [0.4, 0.5) is 14.9 Å². The predicted molar refractivity (Wildman–Crippen MR) is 167 cm³/mol. The number of halogens is 1. The lowest BCUT2D eigenvalue weighted by Gasteiger charge is -2.27. The molecule has 0 saturated heterocycles. The van der Waals surface area contributed by atoms with Gasteiger partial charge in [0.25, 0.3) is 5.69 Å². The molecule has 0 aliphatic carbocycles. The van der Waals surface area contributed by atoms with Crippen LogP contribution in [0.25, 0.3) is 20.7 Å². The van der Waals surface area contributed by atoms with E-state index in [1.807, 2.05) is 58.0 Å². The van der Waals surface area contributed by atoms with E-state index in [-0.39, 0.29) is 11.4 Å². The van der Waals surface area contributed by atoms with Crippen molar-refractivity contribution in [2.24, 2.45) is 0 Å². The highest BCUT2D eigenvalue weighted by molar-refractivity contribution is 7.22. The molecule has 44 heavy (non-hydrogen) atoms. The zero-order chi connectivity index (χ0) is 31.7. The lowest BCUT2D eigenvalue weighted by atomic mass is 10.1. The summed E-state index contributed by atoms with van der Waals surface area (Å²) in [5, 5.41) is 10.9. The third-order valence-electron chi connectivity index (χ3n) is 6.21. The smallest absolute Gasteiger partial charge is 0.410 e. The van der Waals surface area contributed by atoms with Crippen molar-refractivity contribution >= 4 is 33.3 Å². The fraction of sp³-hybridized carbons (Fsp3) is 0.375. The molecule has 0 unspecified atom stereocenters. The number of amides is 1. The van der Waals surface area contributed by atoms with Gasteiger partial charge in [-0.15, -0.1) is 11.3 Å². The molecule has 0 radical (unpaired) electrons. The van der Waals surface area contributed by atoms with Gasteiger partial charge in [-0.2, -0.15) is 0 Å². The van der Waals surface area contributed by atoms with Crippen molar-refractivity contribution in [1.82, 2.24) is 9.88 Å². The number of non-ortho nitro benzene ring substituents is 1. The molecule has 12 heteroatoms. The number of hydrogen-bond acceptors (Lipinski definition) is 9. The Morgan fingerprint density at radius 3 is 2.39 bits per heavy atom. The summed E-state index contributed by atoms with van der Waals surface area (Å²) in [5.74, 6) is -0.556. The van der Waals surface area contributed by atoms with E-state index in [0.29, 0.717) is 55.5 Å². The van der Waals surface area contributed by atoms with Gasteiger partial charge in [0.05, 0.1) is 41.0 Å². The molecule has 2 aromatic carbocycles. The van der Waals surface area contributed by atoms with Crippen LogP contribution >= 0.6 is 11.3 Å². The van der Waals surface area contributed by atoms with Crippen LogP contribution in [0, 0.1) is 15.9 Å². The number of carbonyl (C=O) groups is 1. The summed E-state index contributed by atoms with van der Waals surface area (Å²) in [5.41, 5.74) is 1.54. The third-order valence-corrected chi connectivity index (χ3v) is 7.40. The largest absolute Gasteiger partial charge is 0.453 e. The first kappa shape index (κ1) is 32.8. The van der Waals surface area contributed by atoms with E-state index in [2.05, 4.69) is 4.98 Å². The molecule has 0 saturated carbocycles. The van der Waals surface area contributed by atoms with Gasteiger partial charge >= 0.3 is 6.09 Å². The second-order valence-electron chi connectivity index (χ2n) is 10.9. The first-order valence-electron chi connectivity index (χ1n) is 14.3. The minimum atomic E-state index is -0.829. The second-order valence-corrected chi connectivity index (χ2v) is 12.0. The fourth-order valence-electron chi connectivity index (χ4n) is 4.14. The van der Waals surface area contributed by atoms with Crippen LogP contribution in [0.2, 0.25) is 0 Å².